The van der Waals surface area contributed by atoms with Crippen LogP contribution in [0.15, 0.2) is 29.2 Å². The Morgan fingerprint density at radius 1 is 1.15 bits per heavy atom. The zero-order valence-corrected chi connectivity index (χ0v) is 13.9. The summed E-state index contributed by atoms with van der Waals surface area (Å²) in [6.07, 6.45) is 2.10. The molecule has 9 heteroatoms. The smallest absolute Gasteiger partial charge is 0.744 e. The topological polar surface area (TPSA) is 102 Å². The molecule has 0 spiro atoms. The molecular weight excluding hydrogens is 293 g/mol. The van der Waals surface area contributed by atoms with E-state index >= 15 is 0 Å². The van der Waals surface area contributed by atoms with E-state index in [0.29, 0.717) is 5.69 Å². The van der Waals surface area contributed by atoms with E-state index in [2.05, 4.69) is 10.7 Å². The van der Waals surface area contributed by atoms with Crippen LogP contribution in [0.5, 0.6) is 0 Å². The van der Waals surface area contributed by atoms with Crippen LogP contribution in [-0.4, -0.2) is 37.1 Å². The molecule has 2 N–H and O–H groups in total. The number of hydrazine groups is 1. The van der Waals surface area contributed by atoms with Crippen molar-refractivity contribution in [2.75, 3.05) is 18.4 Å². The van der Waals surface area contributed by atoms with Crippen LogP contribution in [-0.2, 0) is 10.1 Å². The Labute approximate surface area is 139 Å². The molecule has 2 rings (SSSR count). The van der Waals surface area contributed by atoms with Crippen molar-refractivity contribution in [3.63, 3.8) is 0 Å². The Kier molecular flexibility index (Phi) is 6.44. The maximum absolute atomic E-state index is 11.6. The van der Waals surface area contributed by atoms with Crippen LogP contribution in [0.4, 0.5) is 10.5 Å². The SMILES string of the molecule is O=C(Nc1ccc(S(=O)(=O)[O-])cc1)NN1CCCC1.[Na+]. The molecule has 1 aromatic carbocycles. The molecule has 1 fully saturated rings. The molecule has 1 heterocycles. The molecule has 1 aliphatic heterocycles. The van der Waals surface area contributed by atoms with Gasteiger partial charge >= 0.3 is 35.6 Å². The molecule has 1 saturated heterocycles. The van der Waals surface area contributed by atoms with E-state index < -0.39 is 10.1 Å². The number of carbonyl (C=O) groups is 1. The predicted octanol–water partition coefficient (Wildman–Crippen LogP) is -2.27. The summed E-state index contributed by atoms with van der Waals surface area (Å²) in [5.74, 6) is 0. The van der Waals surface area contributed by atoms with E-state index in [4.69, 9.17) is 0 Å². The third kappa shape index (κ3) is 5.04. The van der Waals surface area contributed by atoms with Crippen molar-refractivity contribution < 1.29 is 47.3 Å². The molecule has 0 bridgehead atoms. The van der Waals surface area contributed by atoms with Crippen molar-refractivity contribution in [2.45, 2.75) is 17.7 Å². The quantitative estimate of drug-likeness (QED) is 0.484. The number of hydrogen-bond donors (Lipinski definition) is 2. The van der Waals surface area contributed by atoms with Crippen LogP contribution in [0, 0.1) is 0 Å². The van der Waals surface area contributed by atoms with Gasteiger partial charge in [0.2, 0.25) is 0 Å². The summed E-state index contributed by atoms with van der Waals surface area (Å²) in [5.41, 5.74) is 3.10. The minimum atomic E-state index is -4.45. The van der Waals surface area contributed by atoms with Crippen LogP contribution in [0.3, 0.4) is 0 Å². The van der Waals surface area contributed by atoms with Gasteiger partial charge in [0, 0.05) is 18.8 Å². The number of anilines is 1. The summed E-state index contributed by atoms with van der Waals surface area (Å²) in [5, 5.41) is 4.37. The number of nitrogens with zero attached hydrogens (tertiary/aromatic N) is 1. The third-order valence-electron chi connectivity index (χ3n) is 2.77. The van der Waals surface area contributed by atoms with Crippen LogP contribution < -0.4 is 40.3 Å². The molecule has 0 unspecified atom stereocenters. The first-order valence-electron chi connectivity index (χ1n) is 5.84. The average Bonchev–Trinajstić information content (AvgIpc) is 2.81. The van der Waals surface area contributed by atoms with Gasteiger partial charge in [-0.25, -0.2) is 18.2 Å². The van der Waals surface area contributed by atoms with Crippen LogP contribution in [0.2, 0.25) is 0 Å². The molecule has 0 aliphatic carbocycles. The summed E-state index contributed by atoms with van der Waals surface area (Å²) in [4.78, 5) is 11.3. The fourth-order valence-corrected chi connectivity index (χ4v) is 2.31. The van der Waals surface area contributed by atoms with Gasteiger partial charge < -0.3 is 9.87 Å². The fraction of sp³-hybridized carbons (Fsp3) is 0.364. The number of carbonyl (C=O) groups excluding carboxylic acids is 1. The van der Waals surface area contributed by atoms with Crippen molar-refractivity contribution in [2.24, 2.45) is 0 Å². The first-order chi connectivity index (χ1) is 8.95. The molecule has 0 atom stereocenters. The van der Waals surface area contributed by atoms with Crippen molar-refractivity contribution in [1.82, 2.24) is 10.4 Å². The normalized spacial score (nSPS) is 15.4. The summed E-state index contributed by atoms with van der Waals surface area (Å²) in [6.45, 7) is 1.64. The number of nitrogens with one attached hydrogen (secondary N) is 2. The van der Waals surface area contributed by atoms with E-state index in [1.54, 1.807) is 0 Å². The molecule has 0 saturated carbocycles. The number of urea groups is 1. The fourth-order valence-electron chi connectivity index (χ4n) is 1.84. The van der Waals surface area contributed by atoms with E-state index in [9.17, 15) is 17.8 Å². The predicted molar refractivity (Wildman–Crippen MR) is 67.4 cm³/mol. The zero-order valence-electron chi connectivity index (χ0n) is 11.1. The van der Waals surface area contributed by atoms with E-state index in [0.717, 1.165) is 38.1 Å². The monoisotopic (exact) mass is 307 g/mol. The molecule has 2 amide bonds. The molecule has 1 aromatic rings. The second kappa shape index (κ2) is 7.39. The van der Waals surface area contributed by atoms with Crippen LogP contribution >= 0.6 is 0 Å². The van der Waals surface area contributed by atoms with E-state index in [-0.39, 0.29) is 40.5 Å². The van der Waals surface area contributed by atoms with E-state index in [1.165, 1.54) is 12.1 Å². The van der Waals surface area contributed by atoms with Gasteiger partial charge in [0.05, 0.1) is 4.90 Å². The first kappa shape index (κ1) is 17.4. The number of amides is 2. The number of benzene rings is 1. The van der Waals surface area contributed by atoms with Gasteiger partial charge in [-0.1, -0.05) is 0 Å². The Morgan fingerprint density at radius 2 is 1.70 bits per heavy atom. The van der Waals surface area contributed by atoms with Gasteiger partial charge in [0.1, 0.15) is 10.1 Å². The van der Waals surface area contributed by atoms with Gasteiger partial charge in [0.25, 0.3) is 0 Å². The minimum absolute atomic E-state index is 0. The van der Waals surface area contributed by atoms with Crippen LogP contribution in [0.25, 0.3) is 0 Å². The second-order valence-electron chi connectivity index (χ2n) is 4.24. The molecule has 1 aliphatic rings. The molecule has 104 valence electrons. The van der Waals surface area contributed by atoms with Crippen molar-refractivity contribution in [3.05, 3.63) is 24.3 Å². The summed E-state index contributed by atoms with van der Waals surface area (Å²) < 4.78 is 32.2. The Morgan fingerprint density at radius 3 is 2.20 bits per heavy atom. The van der Waals surface area contributed by atoms with Gasteiger partial charge in [-0.05, 0) is 37.1 Å². The zero-order chi connectivity index (χ0) is 13.9. The Bertz CT molecular complexity index is 556. The molecule has 0 aromatic heterocycles. The largest absolute Gasteiger partial charge is 1.00 e. The summed E-state index contributed by atoms with van der Waals surface area (Å²) in [6, 6.07) is 4.67. The maximum Gasteiger partial charge on any atom is 1.00 e. The maximum atomic E-state index is 11.6. The van der Waals surface area contributed by atoms with Gasteiger partial charge in [-0.3, -0.25) is 5.43 Å². The molecule has 20 heavy (non-hydrogen) atoms. The summed E-state index contributed by atoms with van der Waals surface area (Å²) >= 11 is 0. The first-order valence-corrected chi connectivity index (χ1v) is 7.24. The van der Waals surface area contributed by atoms with Gasteiger partial charge in [0.15, 0.2) is 0 Å². The van der Waals surface area contributed by atoms with E-state index in [1.807, 2.05) is 5.01 Å². The van der Waals surface area contributed by atoms with Crippen molar-refractivity contribution >= 4 is 21.8 Å². The molecular formula is C11H14N3NaO4S. The number of hydrogen-bond acceptors (Lipinski definition) is 5. The standard InChI is InChI=1S/C11H15N3O4S.Na/c15-11(13-14-7-1-2-8-14)12-9-3-5-10(6-4-9)19(16,17)18;/h3-6H,1-2,7-8H2,(H2,12,13,15)(H,16,17,18);/q;+1/p-1. The Balaban J connectivity index is 0.00000200. The van der Waals surface area contributed by atoms with Crippen LogP contribution in [0.1, 0.15) is 12.8 Å². The Hall–Kier alpha value is -0.640. The third-order valence-corrected chi connectivity index (χ3v) is 3.62. The molecule has 7 nitrogen and oxygen atoms in total. The van der Waals surface area contributed by atoms with Gasteiger partial charge in [-0.2, -0.15) is 0 Å². The average molecular weight is 307 g/mol. The number of rotatable bonds is 3. The van der Waals surface area contributed by atoms with Crippen molar-refractivity contribution in [1.29, 1.82) is 0 Å². The second-order valence-corrected chi connectivity index (χ2v) is 5.62. The van der Waals surface area contributed by atoms with Gasteiger partial charge in [-0.15, -0.1) is 0 Å². The summed E-state index contributed by atoms with van der Waals surface area (Å²) in [7, 11) is -4.45. The minimum Gasteiger partial charge on any atom is -0.744 e. The molecule has 0 radical (unpaired) electrons. The van der Waals surface area contributed by atoms with Crippen molar-refractivity contribution in [3.8, 4) is 0 Å².